The molecule has 0 aromatic rings. The van der Waals surface area contributed by atoms with Crippen molar-refractivity contribution in [2.75, 3.05) is 19.8 Å². The Bertz CT molecular complexity index is 340. The molecule has 1 saturated heterocycles. The van der Waals surface area contributed by atoms with Gasteiger partial charge in [0.05, 0.1) is 25.3 Å². The summed E-state index contributed by atoms with van der Waals surface area (Å²) < 4.78 is 5.36. The standard InChI is InChI=1S/C14H22N2O2/c1-12-10-18-9-8-16(12)13(17)14(11-15)6-4-2-3-5-7-14/h12H,2-10H2,1H3. The van der Waals surface area contributed by atoms with Crippen molar-refractivity contribution in [3.8, 4) is 6.07 Å². The first-order valence-electron chi connectivity index (χ1n) is 7.00. The molecule has 1 amide bonds. The van der Waals surface area contributed by atoms with Crippen molar-refractivity contribution < 1.29 is 9.53 Å². The Morgan fingerprint density at radius 3 is 2.56 bits per heavy atom. The number of hydrogen-bond donors (Lipinski definition) is 0. The SMILES string of the molecule is CC1COCCN1C(=O)C1(C#N)CCCCCC1. The van der Waals surface area contributed by atoms with Gasteiger partial charge in [-0.25, -0.2) is 0 Å². The van der Waals surface area contributed by atoms with Crippen LogP contribution in [0.1, 0.15) is 45.4 Å². The van der Waals surface area contributed by atoms with E-state index in [1.165, 1.54) is 0 Å². The minimum atomic E-state index is -0.762. The summed E-state index contributed by atoms with van der Waals surface area (Å²) in [4.78, 5) is 14.6. The summed E-state index contributed by atoms with van der Waals surface area (Å²) >= 11 is 0. The molecule has 4 nitrogen and oxygen atoms in total. The Morgan fingerprint density at radius 1 is 1.33 bits per heavy atom. The molecule has 0 radical (unpaired) electrons. The fourth-order valence-electron chi connectivity index (χ4n) is 3.01. The third-order valence-corrected chi connectivity index (χ3v) is 4.21. The second-order valence-electron chi connectivity index (χ2n) is 5.53. The van der Waals surface area contributed by atoms with Gasteiger partial charge in [-0.3, -0.25) is 4.79 Å². The second kappa shape index (κ2) is 5.71. The fraction of sp³-hybridized carbons (Fsp3) is 0.857. The lowest BCUT2D eigenvalue weighted by Gasteiger charge is -2.38. The molecule has 1 heterocycles. The molecule has 1 aliphatic carbocycles. The Kier molecular flexibility index (Phi) is 4.23. The monoisotopic (exact) mass is 250 g/mol. The highest BCUT2D eigenvalue weighted by Gasteiger charge is 2.43. The fourth-order valence-corrected chi connectivity index (χ4v) is 3.01. The highest BCUT2D eigenvalue weighted by molar-refractivity contribution is 5.85. The van der Waals surface area contributed by atoms with E-state index in [-0.39, 0.29) is 11.9 Å². The Hall–Kier alpha value is -1.08. The van der Waals surface area contributed by atoms with Crippen LogP contribution >= 0.6 is 0 Å². The molecule has 0 spiro atoms. The zero-order chi connectivity index (χ0) is 13.0. The number of amides is 1. The first-order chi connectivity index (χ1) is 8.69. The van der Waals surface area contributed by atoms with Gasteiger partial charge >= 0.3 is 0 Å². The molecule has 0 bridgehead atoms. The van der Waals surface area contributed by atoms with Crippen LogP contribution in [0.4, 0.5) is 0 Å². The maximum atomic E-state index is 12.7. The molecule has 2 aliphatic rings. The molecule has 2 fully saturated rings. The third-order valence-electron chi connectivity index (χ3n) is 4.21. The normalized spacial score (nSPS) is 28.2. The van der Waals surface area contributed by atoms with E-state index in [9.17, 15) is 10.1 Å². The highest BCUT2D eigenvalue weighted by atomic mass is 16.5. The smallest absolute Gasteiger partial charge is 0.243 e. The van der Waals surface area contributed by atoms with Crippen molar-refractivity contribution in [3.63, 3.8) is 0 Å². The number of carbonyl (C=O) groups is 1. The van der Waals surface area contributed by atoms with Crippen LogP contribution in [-0.4, -0.2) is 36.6 Å². The van der Waals surface area contributed by atoms with E-state index in [4.69, 9.17) is 4.74 Å². The van der Waals surface area contributed by atoms with Gasteiger partial charge in [0.15, 0.2) is 0 Å². The van der Waals surface area contributed by atoms with Crippen LogP contribution in [0.3, 0.4) is 0 Å². The van der Waals surface area contributed by atoms with Crippen LogP contribution in [-0.2, 0) is 9.53 Å². The van der Waals surface area contributed by atoms with Crippen LogP contribution in [0, 0.1) is 16.7 Å². The summed E-state index contributed by atoms with van der Waals surface area (Å²) in [6, 6.07) is 2.44. The van der Waals surface area contributed by atoms with Gasteiger partial charge in [-0.2, -0.15) is 5.26 Å². The molecule has 0 N–H and O–H groups in total. The zero-order valence-electron chi connectivity index (χ0n) is 11.2. The summed E-state index contributed by atoms with van der Waals surface area (Å²) in [5.74, 6) is 0.0442. The van der Waals surface area contributed by atoms with Crippen LogP contribution < -0.4 is 0 Å². The topological polar surface area (TPSA) is 53.3 Å². The van der Waals surface area contributed by atoms with Crippen molar-refractivity contribution in [2.24, 2.45) is 5.41 Å². The molecule has 0 aromatic carbocycles. The first-order valence-corrected chi connectivity index (χ1v) is 7.00. The van der Waals surface area contributed by atoms with Gasteiger partial charge in [0.25, 0.3) is 0 Å². The maximum absolute atomic E-state index is 12.7. The molecule has 1 atom stereocenters. The van der Waals surface area contributed by atoms with Gasteiger partial charge in [0, 0.05) is 6.54 Å². The Morgan fingerprint density at radius 2 is 2.00 bits per heavy atom. The third kappa shape index (κ3) is 2.51. The minimum absolute atomic E-state index is 0.0442. The number of morpholine rings is 1. The van der Waals surface area contributed by atoms with Crippen LogP contribution in [0.15, 0.2) is 0 Å². The average Bonchev–Trinajstić information content (AvgIpc) is 2.65. The Labute approximate surface area is 109 Å². The van der Waals surface area contributed by atoms with Crippen LogP contribution in [0.5, 0.6) is 0 Å². The number of nitriles is 1. The lowest BCUT2D eigenvalue weighted by atomic mass is 9.80. The van der Waals surface area contributed by atoms with Crippen molar-refractivity contribution in [1.29, 1.82) is 5.26 Å². The van der Waals surface area contributed by atoms with Crippen LogP contribution in [0.25, 0.3) is 0 Å². The van der Waals surface area contributed by atoms with Gasteiger partial charge in [-0.1, -0.05) is 25.7 Å². The molecule has 0 aromatic heterocycles. The second-order valence-corrected chi connectivity index (χ2v) is 5.53. The van der Waals surface area contributed by atoms with Gasteiger partial charge in [0.2, 0.25) is 5.91 Å². The predicted molar refractivity (Wildman–Crippen MR) is 67.7 cm³/mol. The van der Waals surface area contributed by atoms with Gasteiger partial charge in [0.1, 0.15) is 5.41 Å². The summed E-state index contributed by atoms with van der Waals surface area (Å²) in [6.45, 7) is 3.81. The van der Waals surface area contributed by atoms with E-state index in [2.05, 4.69) is 6.07 Å². The summed E-state index contributed by atoms with van der Waals surface area (Å²) in [7, 11) is 0. The molecule has 18 heavy (non-hydrogen) atoms. The van der Waals surface area contributed by atoms with E-state index in [1.54, 1.807) is 0 Å². The van der Waals surface area contributed by atoms with Gasteiger partial charge < -0.3 is 9.64 Å². The zero-order valence-corrected chi connectivity index (χ0v) is 11.2. The predicted octanol–water partition coefficient (Wildman–Crippen LogP) is 2.10. The molecule has 4 heteroatoms. The van der Waals surface area contributed by atoms with Crippen molar-refractivity contribution in [2.45, 2.75) is 51.5 Å². The van der Waals surface area contributed by atoms with Crippen molar-refractivity contribution in [3.05, 3.63) is 0 Å². The summed E-state index contributed by atoms with van der Waals surface area (Å²) in [5.41, 5.74) is -0.762. The molecular weight excluding hydrogens is 228 g/mol. The molecule has 100 valence electrons. The van der Waals surface area contributed by atoms with E-state index in [0.717, 1.165) is 38.5 Å². The van der Waals surface area contributed by atoms with Crippen LogP contribution in [0.2, 0.25) is 0 Å². The summed E-state index contributed by atoms with van der Waals surface area (Å²) in [6.07, 6.45) is 5.75. The first kappa shape index (κ1) is 13.4. The average molecular weight is 250 g/mol. The van der Waals surface area contributed by atoms with E-state index < -0.39 is 5.41 Å². The lowest BCUT2D eigenvalue weighted by molar-refractivity contribution is -0.147. The van der Waals surface area contributed by atoms with Crippen molar-refractivity contribution in [1.82, 2.24) is 4.90 Å². The quantitative estimate of drug-likeness (QED) is 0.670. The number of nitrogens with zero attached hydrogens (tertiary/aromatic N) is 2. The Balaban J connectivity index is 2.15. The van der Waals surface area contributed by atoms with Crippen molar-refractivity contribution >= 4 is 5.91 Å². The summed E-state index contributed by atoms with van der Waals surface area (Å²) in [5, 5.41) is 9.53. The molecule has 1 saturated carbocycles. The van der Waals surface area contributed by atoms with Gasteiger partial charge in [-0.05, 0) is 19.8 Å². The molecular formula is C14H22N2O2. The highest BCUT2D eigenvalue weighted by Crippen LogP contribution is 2.37. The van der Waals surface area contributed by atoms with Gasteiger partial charge in [-0.15, -0.1) is 0 Å². The number of rotatable bonds is 1. The number of hydrogen-bond acceptors (Lipinski definition) is 3. The number of carbonyl (C=O) groups excluding carboxylic acids is 1. The van der Waals surface area contributed by atoms with E-state index in [0.29, 0.717) is 19.8 Å². The number of ether oxygens (including phenoxy) is 1. The molecule has 2 rings (SSSR count). The molecule has 1 aliphatic heterocycles. The van der Waals surface area contributed by atoms with E-state index >= 15 is 0 Å². The largest absolute Gasteiger partial charge is 0.377 e. The molecule has 1 unspecified atom stereocenters. The van der Waals surface area contributed by atoms with E-state index in [1.807, 2.05) is 11.8 Å². The lowest BCUT2D eigenvalue weighted by Crippen LogP contribution is -2.52. The maximum Gasteiger partial charge on any atom is 0.243 e. The minimum Gasteiger partial charge on any atom is -0.377 e.